The first-order valence-corrected chi connectivity index (χ1v) is 9.01. The summed E-state index contributed by atoms with van der Waals surface area (Å²) in [5, 5.41) is 12.4. The molecule has 0 heterocycles. The first kappa shape index (κ1) is 16.3. The zero-order chi connectivity index (χ0) is 15.3. The van der Waals surface area contributed by atoms with Gasteiger partial charge >= 0.3 is 0 Å². The van der Waals surface area contributed by atoms with Gasteiger partial charge in [-0.05, 0) is 31.9 Å². The molecule has 0 spiro atoms. The van der Waals surface area contributed by atoms with Crippen molar-refractivity contribution in [3.63, 3.8) is 0 Å². The number of sulfonamides is 1. The molecule has 0 unspecified atom stereocenters. The summed E-state index contributed by atoms with van der Waals surface area (Å²) in [6.45, 7) is 2.61. The Balaban J connectivity index is 2.38. The Bertz CT molecular complexity index is 554. The molecule has 1 aromatic rings. The molecule has 118 valence electrons. The van der Waals surface area contributed by atoms with Crippen molar-refractivity contribution in [3.05, 3.63) is 24.3 Å². The molecule has 2 N–H and O–H groups in total. The zero-order valence-corrected chi connectivity index (χ0v) is 13.3. The molecule has 0 saturated heterocycles. The average molecular weight is 312 g/mol. The van der Waals surface area contributed by atoms with Gasteiger partial charge in [0.25, 0.3) is 0 Å². The van der Waals surface area contributed by atoms with Crippen molar-refractivity contribution in [2.75, 3.05) is 25.0 Å². The van der Waals surface area contributed by atoms with Crippen LogP contribution in [0.4, 0.5) is 5.69 Å². The Hall–Kier alpha value is -1.11. The first-order chi connectivity index (χ1) is 10.1. The highest BCUT2D eigenvalue weighted by Crippen LogP contribution is 2.31. The molecule has 0 aromatic heterocycles. The molecule has 5 nitrogen and oxygen atoms in total. The second kappa shape index (κ2) is 7.24. The van der Waals surface area contributed by atoms with E-state index in [0.717, 1.165) is 25.7 Å². The van der Waals surface area contributed by atoms with Gasteiger partial charge in [0.1, 0.15) is 4.90 Å². The lowest BCUT2D eigenvalue weighted by atomic mass is 10.2. The van der Waals surface area contributed by atoms with Crippen molar-refractivity contribution in [2.45, 2.75) is 43.5 Å². The van der Waals surface area contributed by atoms with Crippen molar-refractivity contribution in [2.24, 2.45) is 0 Å². The number of aliphatic hydroxyl groups is 1. The highest BCUT2D eigenvalue weighted by molar-refractivity contribution is 7.89. The van der Waals surface area contributed by atoms with E-state index in [0.29, 0.717) is 17.1 Å². The summed E-state index contributed by atoms with van der Waals surface area (Å²) in [4.78, 5) is 0.298. The topological polar surface area (TPSA) is 69.6 Å². The second-order valence-corrected chi connectivity index (χ2v) is 7.16. The lowest BCUT2D eigenvalue weighted by molar-refractivity contribution is 0.226. The van der Waals surface area contributed by atoms with E-state index in [2.05, 4.69) is 5.32 Å². The summed E-state index contributed by atoms with van der Waals surface area (Å²) in [6, 6.07) is 6.98. The van der Waals surface area contributed by atoms with Crippen LogP contribution >= 0.6 is 0 Å². The van der Waals surface area contributed by atoms with E-state index in [9.17, 15) is 13.5 Å². The minimum Gasteiger partial charge on any atom is -0.395 e. The van der Waals surface area contributed by atoms with Crippen molar-refractivity contribution < 1.29 is 13.5 Å². The van der Waals surface area contributed by atoms with E-state index in [4.69, 9.17) is 0 Å². The molecule has 6 heteroatoms. The van der Waals surface area contributed by atoms with Crippen LogP contribution in [0.5, 0.6) is 0 Å². The molecule has 2 rings (SSSR count). The molecule has 0 radical (unpaired) electrons. The van der Waals surface area contributed by atoms with Crippen molar-refractivity contribution in [1.82, 2.24) is 4.31 Å². The smallest absolute Gasteiger partial charge is 0.245 e. The molecule has 0 atom stereocenters. The van der Waals surface area contributed by atoms with Crippen LogP contribution in [0.3, 0.4) is 0 Å². The Kier molecular flexibility index (Phi) is 5.61. The fourth-order valence-corrected chi connectivity index (χ4v) is 4.79. The molecule has 0 aliphatic heterocycles. The lowest BCUT2D eigenvalue weighted by Crippen LogP contribution is -2.40. The molecular weight excluding hydrogens is 288 g/mol. The van der Waals surface area contributed by atoms with E-state index in [-0.39, 0.29) is 19.2 Å². The number of anilines is 1. The summed E-state index contributed by atoms with van der Waals surface area (Å²) in [5.74, 6) is 0. The largest absolute Gasteiger partial charge is 0.395 e. The molecule has 21 heavy (non-hydrogen) atoms. The molecule has 1 saturated carbocycles. The summed E-state index contributed by atoms with van der Waals surface area (Å²) in [7, 11) is -3.59. The van der Waals surface area contributed by atoms with Crippen LogP contribution in [0.2, 0.25) is 0 Å². The molecule has 0 amide bonds. The predicted octanol–water partition coefficient (Wildman–Crippen LogP) is 2.04. The number of rotatable bonds is 7. The number of hydrogen-bond acceptors (Lipinski definition) is 4. The van der Waals surface area contributed by atoms with E-state index in [1.807, 2.05) is 13.0 Å². The first-order valence-electron chi connectivity index (χ1n) is 7.57. The summed E-state index contributed by atoms with van der Waals surface area (Å²) in [6.07, 6.45) is 3.86. The minimum absolute atomic E-state index is 0.0110. The van der Waals surface area contributed by atoms with Gasteiger partial charge in [0, 0.05) is 19.1 Å². The number of nitrogens with zero attached hydrogens (tertiary/aromatic N) is 1. The van der Waals surface area contributed by atoms with Crippen molar-refractivity contribution in [1.29, 1.82) is 0 Å². The third kappa shape index (κ3) is 3.56. The Morgan fingerprint density at radius 2 is 1.95 bits per heavy atom. The van der Waals surface area contributed by atoms with E-state index >= 15 is 0 Å². The van der Waals surface area contributed by atoms with Crippen LogP contribution in [0, 0.1) is 0 Å². The average Bonchev–Trinajstić information content (AvgIpc) is 2.99. The van der Waals surface area contributed by atoms with E-state index in [1.165, 1.54) is 4.31 Å². The van der Waals surface area contributed by atoms with E-state index < -0.39 is 10.0 Å². The van der Waals surface area contributed by atoms with E-state index in [1.54, 1.807) is 18.2 Å². The quantitative estimate of drug-likeness (QED) is 0.808. The maximum Gasteiger partial charge on any atom is 0.245 e. The van der Waals surface area contributed by atoms with Crippen LogP contribution in [0.15, 0.2) is 29.2 Å². The molecule has 1 aliphatic carbocycles. The highest BCUT2D eigenvalue weighted by atomic mass is 32.2. The monoisotopic (exact) mass is 312 g/mol. The lowest BCUT2D eigenvalue weighted by Gasteiger charge is -2.28. The van der Waals surface area contributed by atoms with Gasteiger partial charge in [-0.15, -0.1) is 0 Å². The highest BCUT2D eigenvalue weighted by Gasteiger charge is 2.33. The number of aliphatic hydroxyl groups excluding tert-OH is 1. The van der Waals surface area contributed by atoms with Crippen LogP contribution in [0.25, 0.3) is 0 Å². The van der Waals surface area contributed by atoms with Crippen molar-refractivity contribution >= 4 is 15.7 Å². The maximum absolute atomic E-state index is 13.0. The van der Waals surface area contributed by atoms with Crippen molar-refractivity contribution in [3.8, 4) is 0 Å². The Labute approximate surface area is 127 Å². The van der Waals surface area contributed by atoms with Gasteiger partial charge in [-0.25, -0.2) is 8.42 Å². The fourth-order valence-electron chi connectivity index (χ4n) is 2.94. The van der Waals surface area contributed by atoms with Gasteiger partial charge in [-0.2, -0.15) is 4.31 Å². The standard InChI is InChI=1S/C15H24N2O3S/c1-2-16-14-9-5-6-10-15(14)21(19,20)17(11-12-18)13-7-3-4-8-13/h5-6,9-10,13,16,18H,2-4,7-8,11-12H2,1H3. The van der Waals surface area contributed by atoms with Crippen LogP contribution in [0.1, 0.15) is 32.6 Å². The Morgan fingerprint density at radius 3 is 2.57 bits per heavy atom. The number of nitrogens with one attached hydrogen (secondary N) is 1. The fraction of sp³-hybridized carbons (Fsp3) is 0.600. The minimum atomic E-state index is -3.59. The van der Waals surface area contributed by atoms with Gasteiger partial charge in [-0.1, -0.05) is 25.0 Å². The molecule has 1 aromatic carbocycles. The molecule has 0 bridgehead atoms. The molecule has 1 aliphatic rings. The van der Waals surface area contributed by atoms with Gasteiger partial charge < -0.3 is 10.4 Å². The SMILES string of the molecule is CCNc1ccccc1S(=O)(=O)N(CCO)C1CCCC1. The number of para-hydroxylation sites is 1. The van der Waals surface area contributed by atoms with Gasteiger partial charge in [0.15, 0.2) is 0 Å². The third-order valence-electron chi connectivity index (χ3n) is 3.89. The third-order valence-corrected chi connectivity index (χ3v) is 5.90. The molecular formula is C15H24N2O3S. The molecule has 1 fully saturated rings. The van der Waals surface area contributed by atoms with Crippen LogP contribution in [-0.4, -0.2) is 43.6 Å². The van der Waals surface area contributed by atoms with Gasteiger partial charge in [0.05, 0.1) is 12.3 Å². The Morgan fingerprint density at radius 1 is 1.29 bits per heavy atom. The van der Waals surface area contributed by atoms with Crippen LogP contribution < -0.4 is 5.32 Å². The van der Waals surface area contributed by atoms with Crippen LogP contribution in [-0.2, 0) is 10.0 Å². The van der Waals surface area contributed by atoms with Gasteiger partial charge in [-0.3, -0.25) is 0 Å². The second-order valence-electron chi connectivity index (χ2n) is 5.30. The van der Waals surface area contributed by atoms with Gasteiger partial charge in [0.2, 0.25) is 10.0 Å². The number of benzene rings is 1. The normalized spacial score (nSPS) is 16.5. The summed E-state index contributed by atoms with van der Waals surface area (Å²) >= 11 is 0. The number of hydrogen-bond donors (Lipinski definition) is 2. The maximum atomic E-state index is 13.0. The predicted molar refractivity (Wildman–Crippen MR) is 83.8 cm³/mol. The zero-order valence-electron chi connectivity index (χ0n) is 12.5. The summed E-state index contributed by atoms with van der Waals surface area (Å²) < 4.78 is 27.4. The summed E-state index contributed by atoms with van der Waals surface area (Å²) in [5.41, 5.74) is 0.626.